The normalized spacial score (nSPS) is 21.9. The number of aromatic nitrogens is 3. The molecule has 1 aliphatic rings. The highest BCUT2D eigenvalue weighted by atomic mass is 32.2. The highest BCUT2D eigenvalue weighted by molar-refractivity contribution is 7.84. The summed E-state index contributed by atoms with van der Waals surface area (Å²) in [4.78, 5) is 21.3. The van der Waals surface area contributed by atoms with Gasteiger partial charge in [0.05, 0.1) is 18.2 Å². The van der Waals surface area contributed by atoms with Gasteiger partial charge in [0.2, 0.25) is 0 Å². The van der Waals surface area contributed by atoms with E-state index in [1.165, 1.54) is 12.5 Å². The van der Waals surface area contributed by atoms with Gasteiger partial charge in [-0.1, -0.05) is 18.2 Å². The zero-order chi connectivity index (χ0) is 26.2. The lowest BCUT2D eigenvalue weighted by Crippen LogP contribution is -2.35. The van der Waals surface area contributed by atoms with Gasteiger partial charge in [-0.2, -0.15) is 13.1 Å². The molecule has 11 nitrogen and oxygen atoms in total. The molecule has 4 aromatic rings. The number of benzene rings is 1. The summed E-state index contributed by atoms with van der Waals surface area (Å²) < 4.78 is 52.6. The van der Waals surface area contributed by atoms with Crippen LogP contribution in [0.25, 0.3) is 11.0 Å². The lowest BCUT2D eigenvalue weighted by atomic mass is 10.1. The van der Waals surface area contributed by atoms with E-state index in [1.54, 1.807) is 23.0 Å². The van der Waals surface area contributed by atoms with Gasteiger partial charge in [0.1, 0.15) is 41.9 Å². The molecule has 5 rings (SSSR count). The number of nitrogens with one attached hydrogen (secondary N) is 2. The van der Waals surface area contributed by atoms with E-state index in [-0.39, 0.29) is 17.8 Å². The molecular weight excluding hydrogens is 505 g/mol. The van der Waals surface area contributed by atoms with Gasteiger partial charge >= 0.3 is 10.3 Å². The number of hydrogen-bond donors (Lipinski definition) is 3. The van der Waals surface area contributed by atoms with Crippen molar-refractivity contribution in [1.29, 1.82) is 0 Å². The Hall–Kier alpha value is -3.65. The van der Waals surface area contributed by atoms with Crippen LogP contribution in [-0.2, 0) is 21.0 Å². The Labute approximate surface area is 211 Å². The van der Waals surface area contributed by atoms with Crippen molar-refractivity contribution in [1.82, 2.24) is 19.3 Å². The monoisotopic (exact) mass is 529 g/mol. The molecule has 0 radical (unpaired) electrons. The van der Waals surface area contributed by atoms with Crippen LogP contribution < -0.4 is 10.0 Å². The van der Waals surface area contributed by atoms with Crippen LogP contribution in [0.3, 0.4) is 0 Å². The topological polar surface area (TPSA) is 149 Å². The molecule has 194 valence electrons. The second kappa shape index (κ2) is 10.0. The molecule has 0 aliphatic heterocycles. The zero-order valence-corrected chi connectivity index (χ0v) is 20.4. The van der Waals surface area contributed by atoms with Crippen molar-refractivity contribution >= 4 is 32.9 Å². The molecule has 0 unspecified atom stereocenters. The van der Waals surface area contributed by atoms with Gasteiger partial charge in [-0.25, -0.2) is 14.4 Å². The lowest BCUT2D eigenvalue weighted by Gasteiger charge is -2.17. The predicted molar refractivity (Wildman–Crippen MR) is 131 cm³/mol. The summed E-state index contributed by atoms with van der Waals surface area (Å²) in [5.41, 5.74) is 1.23. The summed E-state index contributed by atoms with van der Waals surface area (Å²) in [5, 5.41) is 13.9. The number of halogens is 1. The first-order valence-electron chi connectivity index (χ1n) is 11.4. The lowest BCUT2D eigenvalue weighted by molar-refractivity contribution is 0.0248. The van der Waals surface area contributed by atoms with Gasteiger partial charge < -0.3 is 19.4 Å². The Kier molecular flexibility index (Phi) is 6.77. The number of hydrogen-bond acceptors (Lipinski definition) is 9. The summed E-state index contributed by atoms with van der Waals surface area (Å²) in [6, 6.07) is 10.2. The number of para-hydroxylation sites is 1. The molecule has 1 saturated carbocycles. The quantitative estimate of drug-likeness (QED) is 0.277. The number of furan rings is 1. The molecule has 1 aliphatic carbocycles. The molecule has 3 heterocycles. The van der Waals surface area contributed by atoms with E-state index in [2.05, 4.69) is 15.3 Å². The number of fused-ring (bicyclic) bond motifs is 1. The van der Waals surface area contributed by atoms with Crippen molar-refractivity contribution in [2.75, 3.05) is 12.4 Å². The van der Waals surface area contributed by atoms with E-state index in [1.807, 2.05) is 35.1 Å². The van der Waals surface area contributed by atoms with Crippen molar-refractivity contribution in [3.63, 3.8) is 0 Å². The number of ketones is 1. The van der Waals surface area contributed by atoms with Crippen LogP contribution in [0.15, 0.2) is 65.7 Å². The van der Waals surface area contributed by atoms with E-state index in [9.17, 15) is 22.7 Å². The van der Waals surface area contributed by atoms with E-state index in [0.717, 1.165) is 23.8 Å². The number of carbonyl (C=O) groups is 1. The highest BCUT2D eigenvalue weighted by Crippen LogP contribution is 2.30. The van der Waals surface area contributed by atoms with Gasteiger partial charge in [-0.3, -0.25) is 8.98 Å². The second-order valence-electron chi connectivity index (χ2n) is 8.65. The summed E-state index contributed by atoms with van der Waals surface area (Å²) in [6.45, 7) is 0.415. The summed E-state index contributed by atoms with van der Waals surface area (Å²) in [5.74, 6) is 0.389. The standard InChI is InChI=1S/C24H24FN5O6S/c1-26-37(33,34)36-20-9-18(21(25)23(20)32)29-24-17(10-27-13-28-24)22(31)15-6-7-30(11-15)12-16-8-14-4-2-3-5-19(14)35-16/h2-8,10-11,13,18,20-21,23,26,32H,9,12H2,1H3,(H,27,28,29)/t18-,20-,21-,23-/m1/s1. The van der Waals surface area contributed by atoms with E-state index >= 15 is 0 Å². The number of aliphatic hydroxyl groups is 1. The van der Waals surface area contributed by atoms with Gasteiger partial charge in [-0.05, 0) is 18.2 Å². The third-order valence-electron chi connectivity index (χ3n) is 6.18. The van der Waals surface area contributed by atoms with Crippen LogP contribution >= 0.6 is 0 Å². The van der Waals surface area contributed by atoms with Gasteiger partial charge in [0.25, 0.3) is 0 Å². The molecule has 1 aromatic carbocycles. The molecular formula is C24H24FN5O6S. The average molecular weight is 530 g/mol. The Morgan fingerprint density at radius 3 is 2.92 bits per heavy atom. The maximum Gasteiger partial charge on any atom is 0.335 e. The second-order valence-corrected chi connectivity index (χ2v) is 10.2. The minimum atomic E-state index is -4.13. The van der Waals surface area contributed by atoms with Crippen molar-refractivity contribution in [3.05, 3.63) is 78.2 Å². The first-order valence-corrected chi connectivity index (χ1v) is 12.8. The predicted octanol–water partition coefficient (Wildman–Crippen LogP) is 2.04. The first-order chi connectivity index (χ1) is 17.7. The van der Waals surface area contributed by atoms with E-state index in [0.29, 0.717) is 12.1 Å². The van der Waals surface area contributed by atoms with Crippen LogP contribution in [0.1, 0.15) is 28.1 Å². The fourth-order valence-electron chi connectivity index (χ4n) is 4.32. The Morgan fingerprint density at radius 1 is 1.32 bits per heavy atom. The van der Waals surface area contributed by atoms with Crippen LogP contribution in [-0.4, -0.2) is 65.3 Å². The fourth-order valence-corrected chi connectivity index (χ4v) is 4.93. The molecule has 0 bridgehead atoms. The Morgan fingerprint density at radius 2 is 2.14 bits per heavy atom. The highest BCUT2D eigenvalue weighted by Gasteiger charge is 2.46. The zero-order valence-electron chi connectivity index (χ0n) is 19.6. The Bertz CT molecular complexity index is 1500. The van der Waals surface area contributed by atoms with Gasteiger partial charge in [0.15, 0.2) is 5.78 Å². The average Bonchev–Trinajstić information content (AvgIpc) is 3.59. The summed E-state index contributed by atoms with van der Waals surface area (Å²) >= 11 is 0. The Balaban J connectivity index is 1.31. The molecule has 4 atom stereocenters. The van der Waals surface area contributed by atoms with Crippen LogP contribution in [0.5, 0.6) is 0 Å². The van der Waals surface area contributed by atoms with Gasteiger partial charge in [0, 0.05) is 43.0 Å². The molecule has 0 saturated heterocycles. The number of nitrogens with zero attached hydrogens (tertiary/aromatic N) is 3. The molecule has 3 aromatic heterocycles. The number of carbonyl (C=O) groups excluding carboxylic acids is 1. The maximum atomic E-state index is 14.8. The van der Waals surface area contributed by atoms with Crippen LogP contribution in [0, 0.1) is 0 Å². The summed E-state index contributed by atoms with van der Waals surface area (Å²) in [7, 11) is -2.99. The van der Waals surface area contributed by atoms with E-state index in [4.69, 9.17) is 8.60 Å². The third-order valence-corrected chi connectivity index (χ3v) is 7.19. The number of aliphatic hydroxyl groups excluding tert-OH is 1. The number of anilines is 1. The molecule has 0 spiro atoms. The minimum absolute atomic E-state index is 0.0574. The van der Waals surface area contributed by atoms with Crippen molar-refractivity contribution in [2.45, 2.75) is 37.4 Å². The van der Waals surface area contributed by atoms with Crippen molar-refractivity contribution in [3.8, 4) is 0 Å². The largest absolute Gasteiger partial charge is 0.459 e. The van der Waals surface area contributed by atoms with Crippen LogP contribution in [0.4, 0.5) is 10.2 Å². The minimum Gasteiger partial charge on any atom is -0.459 e. The first kappa shape index (κ1) is 25.0. The maximum absolute atomic E-state index is 14.8. The summed E-state index contributed by atoms with van der Waals surface area (Å²) in [6.07, 6.45) is 0.889. The fraction of sp³-hybridized carbons (Fsp3) is 0.292. The van der Waals surface area contributed by atoms with Crippen molar-refractivity contribution in [2.24, 2.45) is 0 Å². The molecule has 13 heteroatoms. The van der Waals surface area contributed by atoms with Crippen LogP contribution in [0.2, 0.25) is 0 Å². The number of alkyl halides is 1. The SMILES string of the molecule is CNS(=O)(=O)O[C@@H]1C[C@@H](Nc2ncncc2C(=O)c2ccn(Cc3cc4ccccc4o3)c2)[C@@H](F)[C@@H]1O. The number of rotatable bonds is 9. The molecule has 37 heavy (non-hydrogen) atoms. The van der Waals surface area contributed by atoms with Gasteiger partial charge in [-0.15, -0.1) is 0 Å². The van der Waals surface area contributed by atoms with Crippen molar-refractivity contribution < 1.29 is 31.3 Å². The molecule has 1 fully saturated rings. The molecule has 0 amide bonds. The molecule has 3 N–H and O–H groups in total. The third kappa shape index (κ3) is 5.25. The van der Waals surface area contributed by atoms with E-state index < -0.39 is 40.5 Å². The smallest absolute Gasteiger partial charge is 0.335 e.